The van der Waals surface area contributed by atoms with Crippen LogP contribution >= 0.6 is 0 Å². The van der Waals surface area contributed by atoms with Crippen molar-refractivity contribution in [2.75, 3.05) is 6.61 Å². The molecular weight excluding hydrogens is 332 g/mol. The Morgan fingerprint density at radius 2 is 1.72 bits per heavy atom. The van der Waals surface area contributed by atoms with Crippen LogP contribution in [0, 0.1) is 0 Å². The molecule has 0 amide bonds. The van der Waals surface area contributed by atoms with Gasteiger partial charge in [-0.1, -0.05) is 6.58 Å². The lowest BCUT2D eigenvalue weighted by atomic mass is 10.2. The number of hydrogen-bond donors (Lipinski definition) is 1. The van der Waals surface area contributed by atoms with E-state index in [1.165, 1.54) is 31.2 Å². The standard InChI is InChI=1S/C17H18O8/c1-3-14(18)23-10-11(2)24-15(19)8-9-16(20)25-13-6-4-12(5-7-13)17(21)22/h3-7,11H,1,8-10H2,2H3,(H,21,22). The normalized spacial score (nSPS) is 11.1. The minimum atomic E-state index is -1.09. The van der Waals surface area contributed by atoms with Crippen molar-refractivity contribution in [1.29, 1.82) is 0 Å². The fraction of sp³-hybridized carbons (Fsp3) is 0.294. The van der Waals surface area contributed by atoms with Gasteiger partial charge in [-0.3, -0.25) is 9.59 Å². The average molecular weight is 350 g/mol. The van der Waals surface area contributed by atoms with Crippen LogP contribution in [0.2, 0.25) is 0 Å². The van der Waals surface area contributed by atoms with Crippen LogP contribution in [0.25, 0.3) is 0 Å². The topological polar surface area (TPSA) is 116 Å². The first-order valence-corrected chi connectivity index (χ1v) is 7.34. The predicted molar refractivity (Wildman–Crippen MR) is 85.0 cm³/mol. The predicted octanol–water partition coefficient (Wildman–Crippen LogP) is 1.73. The van der Waals surface area contributed by atoms with E-state index >= 15 is 0 Å². The second-order valence-electron chi connectivity index (χ2n) is 4.94. The molecule has 8 heteroatoms. The molecule has 1 aromatic carbocycles. The minimum Gasteiger partial charge on any atom is -0.478 e. The number of hydrogen-bond acceptors (Lipinski definition) is 7. The monoisotopic (exact) mass is 350 g/mol. The van der Waals surface area contributed by atoms with Crippen LogP contribution in [0.15, 0.2) is 36.9 Å². The molecule has 0 saturated carbocycles. The zero-order chi connectivity index (χ0) is 18.8. The van der Waals surface area contributed by atoms with E-state index in [0.29, 0.717) is 0 Å². The second-order valence-corrected chi connectivity index (χ2v) is 4.94. The molecule has 0 bridgehead atoms. The lowest BCUT2D eigenvalue weighted by Gasteiger charge is -2.12. The molecule has 25 heavy (non-hydrogen) atoms. The number of esters is 3. The van der Waals surface area contributed by atoms with Gasteiger partial charge in [-0.25, -0.2) is 9.59 Å². The lowest BCUT2D eigenvalue weighted by Crippen LogP contribution is -2.22. The second kappa shape index (κ2) is 9.86. The van der Waals surface area contributed by atoms with Gasteiger partial charge in [0.2, 0.25) is 0 Å². The van der Waals surface area contributed by atoms with Crippen LogP contribution in [-0.2, 0) is 23.9 Å². The number of carboxylic acid groups (broad SMARTS) is 1. The number of carbonyl (C=O) groups is 4. The van der Waals surface area contributed by atoms with E-state index in [0.717, 1.165) is 6.08 Å². The Morgan fingerprint density at radius 3 is 2.28 bits per heavy atom. The number of rotatable bonds is 9. The largest absolute Gasteiger partial charge is 0.478 e. The zero-order valence-electron chi connectivity index (χ0n) is 13.6. The summed E-state index contributed by atoms with van der Waals surface area (Å²) >= 11 is 0. The molecule has 0 saturated heterocycles. The number of benzene rings is 1. The summed E-state index contributed by atoms with van der Waals surface area (Å²) in [5.74, 6) is -2.84. The van der Waals surface area contributed by atoms with Crippen LogP contribution in [0.1, 0.15) is 30.1 Å². The molecule has 1 aromatic rings. The molecule has 134 valence electrons. The Labute approximate surface area is 144 Å². The maximum Gasteiger partial charge on any atom is 0.335 e. The van der Waals surface area contributed by atoms with Crippen molar-refractivity contribution in [3.8, 4) is 5.75 Å². The molecule has 0 spiro atoms. The maximum absolute atomic E-state index is 11.6. The summed E-state index contributed by atoms with van der Waals surface area (Å²) < 4.78 is 14.7. The van der Waals surface area contributed by atoms with E-state index in [4.69, 9.17) is 19.3 Å². The highest BCUT2D eigenvalue weighted by atomic mass is 16.6. The van der Waals surface area contributed by atoms with Crippen LogP contribution in [-0.4, -0.2) is 41.7 Å². The summed E-state index contributed by atoms with van der Waals surface area (Å²) in [6, 6.07) is 5.28. The van der Waals surface area contributed by atoms with E-state index in [-0.39, 0.29) is 30.8 Å². The highest BCUT2D eigenvalue weighted by Gasteiger charge is 2.14. The summed E-state index contributed by atoms with van der Waals surface area (Å²) in [5.41, 5.74) is 0.0644. The first-order valence-electron chi connectivity index (χ1n) is 7.34. The minimum absolute atomic E-state index is 0.0644. The molecule has 0 heterocycles. The van der Waals surface area contributed by atoms with Crippen LogP contribution in [0.3, 0.4) is 0 Å². The number of ether oxygens (including phenoxy) is 3. The smallest absolute Gasteiger partial charge is 0.335 e. The van der Waals surface area contributed by atoms with E-state index in [1.54, 1.807) is 0 Å². The van der Waals surface area contributed by atoms with Gasteiger partial charge in [-0.15, -0.1) is 0 Å². The molecule has 0 aromatic heterocycles. The van der Waals surface area contributed by atoms with E-state index < -0.39 is 30.0 Å². The molecule has 0 fully saturated rings. The average Bonchev–Trinajstić information content (AvgIpc) is 2.58. The molecule has 1 unspecified atom stereocenters. The molecule has 8 nitrogen and oxygen atoms in total. The highest BCUT2D eigenvalue weighted by Crippen LogP contribution is 2.13. The van der Waals surface area contributed by atoms with E-state index in [9.17, 15) is 19.2 Å². The Hall–Kier alpha value is -3.16. The molecule has 0 aliphatic heterocycles. The number of carbonyl (C=O) groups excluding carboxylic acids is 3. The van der Waals surface area contributed by atoms with Gasteiger partial charge in [0, 0.05) is 6.08 Å². The summed E-state index contributed by atoms with van der Waals surface area (Å²) in [5, 5.41) is 8.77. The van der Waals surface area contributed by atoms with Crippen LogP contribution in [0.5, 0.6) is 5.75 Å². The summed E-state index contributed by atoms with van der Waals surface area (Å²) in [6.07, 6.45) is -0.0751. The molecular formula is C17H18O8. The van der Waals surface area contributed by atoms with Crippen molar-refractivity contribution >= 4 is 23.9 Å². The molecule has 1 atom stereocenters. The Kier molecular flexibility index (Phi) is 7.85. The third kappa shape index (κ3) is 7.78. The molecule has 0 aliphatic carbocycles. The summed E-state index contributed by atoms with van der Waals surface area (Å²) in [7, 11) is 0. The molecule has 0 aliphatic rings. The quantitative estimate of drug-likeness (QED) is 0.407. The number of aromatic carboxylic acids is 1. The Balaban J connectivity index is 2.33. The van der Waals surface area contributed by atoms with Crippen molar-refractivity contribution in [2.45, 2.75) is 25.9 Å². The SMILES string of the molecule is C=CC(=O)OCC(C)OC(=O)CCC(=O)Oc1ccc(C(=O)O)cc1. The Bertz CT molecular complexity index is 647. The van der Waals surface area contributed by atoms with Gasteiger partial charge in [-0.2, -0.15) is 0 Å². The van der Waals surface area contributed by atoms with Gasteiger partial charge < -0.3 is 19.3 Å². The van der Waals surface area contributed by atoms with Gasteiger partial charge in [-0.05, 0) is 31.2 Å². The summed E-state index contributed by atoms with van der Waals surface area (Å²) in [4.78, 5) is 44.8. The maximum atomic E-state index is 11.6. The van der Waals surface area contributed by atoms with Gasteiger partial charge in [0.25, 0.3) is 0 Å². The van der Waals surface area contributed by atoms with Crippen LogP contribution in [0.4, 0.5) is 0 Å². The first kappa shape index (κ1) is 19.9. The van der Waals surface area contributed by atoms with E-state index in [2.05, 4.69) is 6.58 Å². The fourth-order valence-electron chi connectivity index (χ4n) is 1.63. The van der Waals surface area contributed by atoms with E-state index in [1.807, 2.05) is 0 Å². The van der Waals surface area contributed by atoms with Gasteiger partial charge in [0.05, 0.1) is 18.4 Å². The van der Waals surface area contributed by atoms with Crippen LogP contribution < -0.4 is 4.74 Å². The van der Waals surface area contributed by atoms with Crippen molar-refractivity contribution < 1.29 is 38.5 Å². The fourth-order valence-corrected chi connectivity index (χ4v) is 1.63. The van der Waals surface area contributed by atoms with Gasteiger partial charge in [0.15, 0.2) is 0 Å². The van der Waals surface area contributed by atoms with Crippen molar-refractivity contribution in [3.63, 3.8) is 0 Å². The van der Waals surface area contributed by atoms with Gasteiger partial charge >= 0.3 is 23.9 Å². The first-order chi connectivity index (χ1) is 11.8. The van der Waals surface area contributed by atoms with Gasteiger partial charge in [0.1, 0.15) is 18.5 Å². The number of carboxylic acids is 1. The molecule has 1 rings (SSSR count). The third-order valence-corrected chi connectivity index (χ3v) is 2.83. The molecule has 1 N–H and O–H groups in total. The third-order valence-electron chi connectivity index (χ3n) is 2.83. The Morgan fingerprint density at radius 1 is 1.12 bits per heavy atom. The van der Waals surface area contributed by atoms with Crippen molar-refractivity contribution in [1.82, 2.24) is 0 Å². The highest BCUT2D eigenvalue weighted by molar-refractivity contribution is 5.87. The molecule has 0 radical (unpaired) electrons. The van der Waals surface area contributed by atoms with Crippen molar-refractivity contribution in [2.24, 2.45) is 0 Å². The summed E-state index contributed by atoms with van der Waals surface area (Å²) in [6.45, 7) is 4.66. The lowest BCUT2D eigenvalue weighted by molar-refractivity contribution is -0.156. The zero-order valence-corrected chi connectivity index (χ0v) is 13.6. The van der Waals surface area contributed by atoms with Crippen molar-refractivity contribution in [3.05, 3.63) is 42.5 Å².